The zero-order valence-electron chi connectivity index (χ0n) is 12.1. The van der Waals surface area contributed by atoms with E-state index in [0.717, 1.165) is 11.6 Å². The first-order valence-corrected chi connectivity index (χ1v) is 8.40. The van der Waals surface area contributed by atoms with Crippen LogP contribution in [-0.2, 0) is 16.6 Å². The van der Waals surface area contributed by atoms with Crippen molar-refractivity contribution in [3.05, 3.63) is 63.2 Å². The molecule has 0 aliphatic carbocycles. The van der Waals surface area contributed by atoms with Crippen molar-refractivity contribution in [3.8, 4) is 0 Å². The molecule has 122 valence electrons. The Hall–Kier alpha value is -2.16. The number of anilines is 1. The first-order valence-electron chi connectivity index (χ1n) is 6.54. The number of nitro benzene ring substituents is 1. The summed E-state index contributed by atoms with van der Waals surface area (Å²) in [5.74, 6) is 0. The zero-order chi connectivity index (χ0) is 17.0. The molecule has 2 rings (SSSR count). The van der Waals surface area contributed by atoms with E-state index in [4.69, 9.17) is 11.6 Å². The third-order valence-electron chi connectivity index (χ3n) is 3.12. The van der Waals surface area contributed by atoms with E-state index in [0.29, 0.717) is 11.6 Å². The van der Waals surface area contributed by atoms with Crippen LogP contribution < -0.4 is 10.0 Å². The van der Waals surface area contributed by atoms with Gasteiger partial charge in [-0.2, -0.15) is 0 Å². The van der Waals surface area contributed by atoms with Gasteiger partial charge in [0.1, 0.15) is 5.69 Å². The van der Waals surface area contributed by atoms with Crippen LogP contribution in [0.5, 0.6) is 0 Å². The van der Waals surface area contributed by atoms with E-state index in [1.54, 1.807) is 18.2 Å². The van der Waals surface area contributed by atoms with E-state index in [9.17, 15) is 18.5 Å². The highest BCUT2D eigenvalue weighted by Gasteiger charge is 2.20. The molecule has 0 saturated heterocycles. The molecule has 2 aromatic rings. The average Bonchev–Trinajstić information content (AvgIpc) is 2.52. The maximum atomic E-state index is 11.7. The molecule has 0 aliphatic rings. The van der Waals surface area contributed by atoms with Crippen molar-refractivity contribution in [1.29, 1.82) is 0 Å². The molecule has 7 nitrogen and oxygen atoms in total. The van der Waals surface area contributed by atoms with Crippen LogP contribution in [0, 0.1) is 10.1 Å². The molecule has 0 saturated carbocycles. The number of hydrogen-bond donors (Lipinski definition) is 2. The van der Waals surface area contributed by atoms with Crippen LogP contribution >= 0.6 is 11.6 Å². The lowest BCUT2D eigenvalue weighted by molar-refractivity contribution is -0.384. The summed E-state index contributed by atoms with van der Waals surface area (Å²) in [6.07, 6.45) is 0. The van der Waals surface area contributed by atoms with Gasteiger partial charge in [0.2, 0.25) is 10.0 Å². The van der Waals surface area contributed by atoms with E-state index in [1.165, 1.54) is 19.2 Å². The molecule has 0 heterocycles. The van der Waals surface area contributed by atoms with Gasteiger partial charge in [0.15, 0.2) is 0 Å². The van der Waals surface area contributed by atoms with Gasteiger partial charge in [0.05, 0.1) is 9.82 Å². The van der Waals surface area contributed by atoms with Gasteiger partial charge in [0, 0.05) is 17.6 Å². The molecule has 2 aromatic carbocycles. The predicted octanol–water partition coefficient (Wildman–Crippen LogP) is 2.77. The Balaban J connectivity index is 2.30. The highest BCUT2D eigenvalue weighted by molar-refractivity contribution is 7.89. The number of nitrogens with zero attached hydrogens (tertiary/aromatic N) is 1. The van der Waals surface area contributed by atoms with Crippen LogP contribution in [0.25, 0.3) is 0 Å². The molecule has 0 aliphatic heterocycles. The van der Waals surface area contributed by atoms with Crippen LogP contribution in [0.15, 0.2) is 47.4 Å². The zero-order valence-corrected chi connectivity index (χ0v) is 13.7. The average molecular weight is 356 g/mol. The second-order valence-electron chi connectivity index (χ2n) is 4.63. The second kappa shape index (κ2) is 6.95. The number of nitrogens with one attached hydrogen (secondary N) is 2. The number of hydrogen-bond acceptors (Lipinski definition) is 5. The molecule has 0 unspecified atom stereocenters. The van der Waals surface area contributed by atoms with Crippen LogP contribution in [-0.4, -0.2) is 20.4 Å². The van der Waals surface area contributed by atoms with Crippen LogP contribution in [0.2, 0.25) is 5.02 Å². The Bertz CT molecular complexity index is 840. The summed E-state index contributed by atoms with van der Waals surface area (Å²) in [6, 6.07) is 10.8. The highest BCUT2D eigenvalue weighted by Crippen LogP contribution is 2.28. The van der Waals surface area contributed by atoms with Crippen molar-refractivity contribution >= 4 is 33.0 Å². The van der Waals surface area contributed by atoms with E-state index in [1.807, 2.05) is 6.07 Å². The first kappa shape index (κ1) is 17.2. The molecule has 0 radical (unpaired) electrons. The summed E-state index contributed by atoms with van der Waals surface area (Å²) in [7, 11) is -2.50. The SMILES string of the molecule is CNS(=O)(=O)c1ccc(NCc2cccc(Cl)c2)c([N+](=O)[O-])c1. The normalized spacial score (nSPS) is 11.2. The van der Waals surface area contributed by atoms with Crippen LogP contribution in [0.3, 0.4) is 0 Å². The number of nitro groups is 1. The molecular weight excluding hydrogens is 342 g/mol. The van der Waals surface area contributed by atoms with Crippen molar-refractivity contribution < 1.29 is 13.3 Å². The molecule has 2 N–H and O–H groups in total. The maximum absolute atomic E-state index is 11.7. The minimum Gasteiger partial charge on any atom is -0.375 e. The third kappa shape index (κ3) is 4.19. The van der Waals surface area contributed by atoms with Gasteiger partial charge in [-0.05, 0) is 36.9 Å². The second-order valence-corrected chi connectivity index (χ2v) is 6.95. The molecule has 0 atom stereocenters. The van der Waals surface area contributed by atoms with Gasteiger partial charge in [-0.1, -0.05) is 23.7 Å². The van der Waals surface area contributed by atoms with Crippen LogP contribution in [0.1, 0.15) is 5.56 Å². The highest BCUT2D eigenvalue weighted by atomic mass is 35.5. The molecular formula is C14H14ClN3O4S. The summed E-state index contributed by atoms with van der Waals surface area (Å²) in [6.45, 7) is 0.319. The summed E-state index contributed by atoms with van der Waals surface area (Å²) in [5, 5.41) is 14.7. The summed E-state index contributed by atoms with van der Waals surface area (Å²) < 4.78 is 25.6. The Kier molecular flexibility index (Phi) is 5.19. The van der Waals surface area contributed by atoms with Gasteiger partial charge >= 0.3 is 0 Å². The van der Waals surface area contributed by atoms with Gasteiger partial charge < -0.3 is 5.32 Å². The van der Waals surface area contributed by atoms with E-state index >= 15 is 0 Å². The monoisotopic (exact) mass is 355 g/mol. The molecule has 9 heteroatoms. The van der Waals surface area contributed by atoms with Crippen LogP contribution in [0.4, 0.5) is 11.4 Å². The van der Waals surface area contributed by atoms with Crippen molar-refractivity contribution in [2.75, 3.05) is 12.4 Å². The third-order valence-corrected chi connectivity index (χ3v) is 4.76. The lowest BCUT2D eigenvalue weighted by atomic mass is 10.2. The Morgan fingerprint density at radius 1 is 1.22 bits per heavy atom. The van der Waals surface area contributed by atoms with Crippen molar-refractivity contribution in [2.24, 2.45) is 0 Å². The maximum Gasteiger partial charge on any atom is 0.293 e. The molecule has 0 amide bonds. The summed E-state index contributed by atoms with van der Waals surface area (Å²) in [5.41, 5.74) is 0.757. The molecule has 23 heavy (non-hydrogen) atoms. The largest absolute Gasteiger partial charge is 0.375 e. The van der Waals surface area contributed by atoms with Gasteiger partial charge in [-0.15, -0.1) is 0 Å². The number of halogens is 1. The van der Waals surface area contributed by atoms with Gasteiger partial charge in [-0.25, -0.2) is 13.1 Å². The van der Waals surface area contributed by atoms with Gasteiger partial charge in [0.25, 0.3) is 5.69 Å². The lowest BCUT2D eigenvalue weighted by Crippen LogP contribution is -2.18. The Morgan fingerprint density at radius 2 is 1.96 bits per heavy atom. The van der Waals surface area contributed by atoms with Crippen molar-refractivity contribution in [1.82, 2.24) is 4.72 Å². The summed E-state index contributed by atoms with van der Waals surface area (Å²) in [4.78, 5) is 10.4. The fraction of sp³-hybridized carbons (Fsp3) is 0.143. The van der Waals surface area contributed by atoms with Crippen molar-refractivity contribution in [2.45, 2.75) is 11.4 Å². The first-order chi connectivity index (χ1) is 10.8. The minimum absolute atomic E-state index is 0.167. The van der Waals surface area contributed by atoms with E-state index in [-0.39, 0.29) is 16.3 Å². The quantitative estimate of drug-likeness (QED) is 0.612. The fourth-order valence-electron chi connectivity index (χ4n) is 1.94. The topological polar surface area (TPSA) is 101 Å². The standard InChI is InChI=1S/C14H14ClN3O4S/c1-16-23(21,22)12-5-6-13(14(8-12)18(19)20)17-9-10-3-2-4-11(15)7-10/h2-8,16-17H,9H2,1H3. The van der Waals surface area contributed by atoms with Crippen molar-refractivity contribution in [3.63, 3.8) is 0 Å². The Morgan fingerprint density at radius 3 is 2.57 bits per heavy atom. The summed E-state index contributed by atoms with van der Waals surface area (Å²) >= 11 is 5.89. The predicted molar refractivity (Wildman–Crippen MR) is 88.1 cm³/mol. The van der Waals surface area contributed by atoms with E-state index < -0.39 is 14.9 Å². The molecule has 0 spiro atoms. The van der Waals surface area contributed by atoms with E-state index in [2.05, 4.69) is 10.0 Å². The molecule has 0 fully saturated rings. The number of rotatable bonds is 6. The minimum atomic E-state index is -3.74. The lowest BCUT2D eigenvalue weighted by Gasteiger charge is -2.09. The Labute approximate surface area is 138 Å². The number of sulfonamides is 1. The molecule has 0 aromatic heterocycles. The number of benzene rings is 2. The fourth-order valence-corrected chi connectivity index (χ4v) is 2.90. The van der Waals surface area contributed by atoms with Gasteiger partial charge in [-0.3, -0.25) is 10.1 Å². The molecule has 0 bridgehead atoms. The smallest absolute Gasteiger partial charge is 0.293 e.